The SMILES string of the molecule is CCN(CC1CCC1)C(=O)c1cccc(F)c1NC. The van der Waals surface area contributed by atoms with E-state index in [0.717, 1.165) is 6.54 Å². The van der Waals surface area contributed by atoms with Crippen LogP contribution in [-0.4, -0.2) is 30.9 Å². The molecule has 0 heterocycles. The van der Waals surface area contributed by atoms with Crippen molar-refractivity contribution >= 4 is 11.6 Å². The van der Waals surface area contributed by atoms with Crippen LogP contribution in [0, 0.1) is 11.7 Å². The molecule has 1 saturated carbocycles. The van der Waals surface area contributed by atoms with Crippen molar-refractivity contribution < 1.29 is 9.18 Å². The Kier molecular flexibility index (Phi) is 4.40. The number of para-hydroxylation sites is 1. The van der Waals surface area contributed by atoms with Gasteiger partial charge in [-0.15, -0.1) is 0 Å². The Balaban J connectivity index is 2.18. The first-order valence-corrected chi connectivity index (χ1v) is 6.93. The first kappa shape index (κ1) is 13.8. The number of halogens is 1. The Hall–Kier alpha value is -1.58. The lowest BCUT2D eigenvalue weighted by Gasteiger charge is -2.32. The normalized spacial score (nSPS) is 14.9. The largest absolute Gasteiger partial charge is 0.385 e. The summed E-state index contributed by atoms with van der Waals surface area (Å²) in [5, 5.41) is 2.78. The smallest absolute Gasteiger partial charge is 0.256 e. The maximum Gasteiger partial charge on any atom is 0.256 e. The topological polar surface area (TPSA) is 32.3 Å². The molecule has 0 aromatic heterocycles. The monoisotopic (exact) mass is 264 g/mol. The molecule has 3 nitrogen and oxygen atoms in total. The highest BCUT2D eigenvalue weighted by atomic mass is 19.1. The molecule has 1 aliphatic rings. The van der Waals surface area contributed by atoms with Gasteiger partial charge in [0, 0.05) is 20.1 Å². The van der Waals surface area contributed by atoms with Gasteiger partial charge in [-0.25, -0.2) is 4.39 Å². The van der Waals surface area contributed by atoms with Crippen molar-refractivity contribution in [3.63, 3.8) is 0 Å². The molecule has 0 unspecified atom stereocenters. The van der Waals surface area contributed by atoms with E-state index in [1.165, 1.54) is 25.3 Å². The number of carbonyl (C=O) groups excluding carboxylic acids is 1. The lowest BCUT2D eigenvalue weighted by Crippen LogP contribution is -2.37. The fourth-order valence-corrected chi connectivity index (χ4v) is 2.47. The van der Waals surface area contributed by atoms with Gasteiger partial charge in [-0.05, 0) is 37.8 Å². The van der Waals surface area contributed by atoms with Crippen LogP contribution in [0.2, 0.25) is 0 Å². The Labute approximate surface area is 113 Å². The van der Waals surface area contributed by atoms with Gasteiger partial charge in [-0.1, -0.05) is 12.5 Å². The molecular formula is C15H21FN2O. The van der Waals surface area contributed by atoms with Crippen molar-refractivity contribution in [2.24, 2.45) is 5.92 Å². The second-order valence-electron chi connectivity index (χ2n) is 5.05. The second kappa shape index (κ2) is 6.04. The van der Waals surface area contributed by atoms with Gasteiger partial charge in [0.05, 0.1) is 11.3 Å². The van der Waals surface area contributed by atoms with E-state index in [1.54, 1.807) is 19.2 Å². The van der Waals surface area contributed by atoms with Crippen LogP contribution in [0.25, 0.3) is 0 Å². The standard InChI is InChI=1S/C15H21FN2O/c1-3-18(10-11-6-4-7-11)15(19)12-8-5-9-13(16)14(12)17-2/h5,8-9,11,17H,3-4,6-7,10H2,1-2H3. The molecule has 19 heavy (non-hydrogen) atoms. The summed E-state index contributed by atoms with van der Waals surface area (Å²) >= 11 is 0. The summed E-state index contributed by atoms with van der Waals surface area (Å²) in [5.41, 5.74) is 0.711. The number of anilines is 1. The quantitative estimate of drug-likeness (QED) is 0.886. The van der Waals surface area contributed by atoms with E-state index in [4.69, 9.17) is 0 Å². The van der Waals surface area contributed by atoms with Crippen LogP contribution >= 0.6 is 0 Å². The van der Waals surface area contributed by atoms with Gasteiger partial charge in [-0.3, -0.25) is 4.79 Å². The summed E-state index contributed by atoms with van der Waals surface area (Å²) in [7, 11) is 1.64. The predicted octanol–water partition coefficient (Wildman–Crippen LogP) is 3.13. The molecule has 0 saturated heterocycles. The molecule has 2 rings (SSSR count). The molecule has 0 aliphatic heterocycles. The number of benzene rings is 1. The molecule has 1 N–H and O–H groups in total. The van der Waals surface area contributed by atoms with Gasteiger partial charge in [0.15, 0.2) is 0 Å². The Morgan fingerprint density at radius 3 is 2.74 bits per heavy atom. The van der Waals surface area contributed by atoms with E-state index < -0.39 is 0 Å². The molecule has 1 amide bonds. The zero-order valence-electron chi connectivity index (χ0n) is 11.6. The minimum Gasteiger partial charge on any atom is -0.385 e. The molecule has 0 bridgehead atoms. The summed E-state index contributed by atoms with van der Waals surface area (Å²) in [5.74, 6) is 0.154. The van der Waals surface area contributed by atoms with Crippen LogP contribution in [0.15, 0.2) is 18.2 Å². The third-order valence-corrected chi connectivity index (χ3v) is 3.87. The van der Waals surface area contributed by atoms with Crippen LogP contribution in [0.4, 0.5) is 10.1 Å². The molecule has 1 aromatic rings. The summed E-state index contributed by atoms with van der Waals surface area (Å²) in [6, 6.07) is 4.63. The van der Waals surface area contributed by atoms with Gasteiger partial charge in [0.25, 0.3) is 5.91 Å². The van der Waals surface area contributed by atoms with Crippen LogP contribution in [0.3, 0.4) is 0 Å². The van der Waals surface area contributed by atoms with E-state index in [0.29, 0.717) is 23.7 Å². The summed E-state index contributed by atoms with van der Waals surface area (Å²) in [4.78, 5) is 14.3. The highest BCUT2D eigenvalue weighted by Crippen LogP contribution is 2.28. The van der Waals surface area contributed by atoms with Crippen LogP contribution in [0.1, 0.15) is 36.5 Å². The van der Waals surface area contributed by atoms with E-state index in [-0.39, 0.29) is 11.7 Å². The number of amides is 1. The highest BCUT2D eigenvalue weighted by molar-refractivity contribution is 5.99. The number of nitrogens with zero attached hydrogens (tertiary/aromatic N) is 1. The molecule has 1 aliphatic carbocycles. The van der Waals surface area contributed by atoms with Crippen molar-refractivity contribution in [1.29, 1.82) is 0 Å². The van der Waals surface area contributed by atoms with Gasteiger partial charge < -0.3 is 10.2 Å². The Morgan fingerprint density at radius 2 is 2.21 bits per heavy atom. The van der Waals surface area contributed by atoms with Gasteiger partial charge in [0.1, 0.15) is 5.82 Å². The molecular weight excluding hydrogens is 243 g/mol. The number of carbonyl (C=O) groups is 1. The summed E-state index contributed by atoms with van der Waals surface area (Å²) in [6.45, 7) is 3.42. The molecule has 1 fully saturated rings. The molecule has 1 aromatic carbocycles. The third kappa shape index (κ3) is 2.88. The summed E-state index contributed by atoms with van der Waals surface area (Å²) in [6.07, 6.45) is 3.66. The van der Waals surface area contributed by atoms with Gasteiger partial charge in [-0.2, -0.15) is 0 Å². The average Bonchev–Trinajstić information content (AvgIpc) is 2.36. The van der Waals surface area contributed by atoms with Crippen molar-refractivity contribution in [3.8, 4) is 0 Å². The van der Waals surface area contributed by atoms with Crippen molar-refractivity contribution in [2.75, 3.05) is 25.5 Å². The third-order valence-electron chi connectivity index (χ3n) is 3.87. The molecule has 0 radical (unpaired) electrons. The van der Waals surface area contributed by atoms with Crippen LogP contribution in [-0.2, 0) is 0 Å². The zero-order valence-corrected chi connectivity index (χ0v) is 11.6. The maximum absolute atomic E-state index is 13.7. The second-order valence-corrected chi connectivity index (χ2v) is 5.05. The average molecular weight is 264 g/mol. The van der Waals surface area contributed by atoms with E-state index >= 15 is 0 Å². The number of hydrogen-bond donors (Lipinski definition) is 1. The molecule has 0 atom stereocenters. The van der Waals surface area contributed by atoms with Gasteiger partial charge in [0.2, 0.25) is 0 Å². The number of nitrogens with one attached hydrogen (secondary N) is 1. The Morgan fingerprint density at radius 1 is 1.47 bits per heavy atom. The first-order chi connectivity index (χ1) is 9.17. The predicted molar refractivity (Wildman–Crippen MR) is 74.9 cm³/mol. The van der Waals surface area contributed by atoms with Crippen molar-refractivity contribution in [2.45, 2.75) is 26.2 Å². The first-order valence-electron chi connectivity index (χ1n) is 6.93. The van der Waals surface area contributed by atoms with Crippen molar-refractivity contribution in [3.05, 3.63) is 29.6 Å². The van der Waals surface area contributed by atoms with Gasteiger partial charge >= 0.3 is 0 Å². The van der Waals surface area contributed by atoms with E-state index in [1.807, 2.05) is 11.8 Å². The fourth-order valence-electron chi connectivity index (χ4n) is 2.47. The van der Waals surface area contributed by atoms with E-state index in [9.17, 15) is 9.18 Å². The lowest BCUT2D eigenvalue weighted by atomic mass is 9.85. The van der Waals surface area contributed by atoms with Crippen molar-refractivity contribution in [1.82, 2.24) is 4.90 Å². The summed E-state index contributed by atoms with van der Waals surface area (Å²) < 4.78 is 13.7. The van der Waals surface area contributed by atoms with E-state index in [2.05, 4.69) is 5.32 Å². The number of hydrogen-bond acceptors (Lipinski definition) is 2. The zero-order chi connectivity index (χ0) is 13.8. The minimum atomic E-state index is -0.381. The Bertz CT molecular complexity index is 457. The molecule has 4 heteroatoms. The lowest BCUT2D eigenvalue weighted by molar-refractivity contribution is 0.0707. The highest BCUT2D eigenvalue weighted by Gasteiger charge is 2.25. The number of rotatable bonds is 5. The fraction of sp³-hybridized carbons (Fsp3) is 0.533. The van der Waals surface area contributed by atoms with Crippen LogP contribution < -0.4 is 5.32 Å². The van der Waals surface area contributed by atoms with Crippen LogP contribution in [0.5, 0.6) is 0 Å². The minimum absolute atomic E-state index is 0.0850. The maximum atomic E-state index is 13.7. The molecule has 104 valence electrons. The molecule has 0 spiro atoms.